The summed E-state index contributed by atoms with van der Waals surface area (Å²) in [5, 5.41) is 17.4. The molecule has 0 amide bonds. The van der Waals surface area contributed by atoms with Gasteiger partial charge in [-0.3, -0.25) is 0 Å². The van der Waals surface area contributed by atoms with Crippen molar-refractivity contribution in [3.05, 3.63) is 40.7 Å². The molecular formula is C18H25ClN2O4. The molecule has 2 aromatic rings. The van der Waals surface area contributed by atoms with E-state index in [1.807, 2.05) is 20.8 Å². The molecule has 6 nitrogen and oxygen atoms in total. The van der Waals surface area contributed by atoms with Crippen LogP contribution in [0.15, 0.2) is 28.8 Å². The van der Waals surface area contributed by atoms with Crippen LogP contribution in [-0.4, -0.2) is 35.1 Å². The van der Waals surface area contributed by atoms with Crippen molar-refractivity contribution < 1.29 is 19.1 Å². The highest BCUT2D eigenvalue weighted by Gasteiger charge is 2.13. The highest BCUT2D eigenvalue weighted by molar-refractivity contribution is 6.31. The molecule has 2 rings (SSSR count). The Morgan fingerprint density at radius 3 is 2.32 bits per heavy atom. The summed E-state index contributed by atoms with van der Waals surface area (Å²) in [5.74, 6) is 1.82. The molecule has 0 saturated carbocycles. The van der Waals surface area contributed by atoms with Gasteiger partial charge in [0.25, 0.3) is 0 Å². The van der Waals surface area contributed by atoms with E-state index in [0.29, 0.717) is 34.5 Å². The Kier molecular flexibility index (Phi) is 6.70. The molecule has 1 heterocycles. The lowest BCUT2D eigenvalue weighted by molar-refractivity contribution is 0.1000. The van der Waals surface area contributed by atoms with Crippen LogP contribution in [0.25, 0.3) is 0 Å². The fourth-order valence-electron chi connectivity index (χ4n) is 1.95. The molecule has 0 aliphatic carbocycles. The van der Waals surface area contributed by atoms with Gasteiger partial charge in [-0.05, 0) is 52.0 Å². The zero-order valence-corrected chi connectivity index (χ0v) is 15.8. The Labute approximate surface area is 153 Å². The number of aryl methyl sites for hydroxylation is 1. The minimum atomic E-state index is -0.577. The van der Waals surface area contributed by atoms with E-state index in [-0.39, 0.29) is 18.8 Å². The van der Waals surface area contributed by atoms with Gasteiger partial charge in [0.05, 0.1) is 5.69 Å². The highest BCUT2D eigenvalue weighted by atomic mass is 35.5. The van der Waals surface area contributed by atoms with Crippen LogP contribution in [0.1, 0.15) is 32.2 Å². The van der Waals surface area contributed by atoms with E-state index in [1.165, 1.54) is 0 Å². The van der Waals surface area contributed by atoms with E-state index >= 15 is 0 Å². The van der Waals surface area contributed by atoms with Crippen LogP contribution in [-0.2, 0) is 6.61 Å². The predicted molar refractivity (Wildman–Crippen MR) is 96.3 cm³/mol. The van der Waals surface area contributed by atoms with Crippen LogP contribution in [0.2, 0.25) is 5.02 Å². The van der Waals surface area contributed by atoms with Gasteiger partial charge in [-0.1, -0.05) is 16.8 Å². The lowest BCUT2D eigenvalue weighted by atomic mass is 10.1. The van der Waals surface area contributed by atoms with E-state index < -0.39 is 6.10 Å². The highest BCUT2D eigenvalue weighted by Crippen LogP contribution is 2.23. The standard InChI is InChI=1S/C18H25ClN2O4/c1-12-17(19)16(25-21-12)11-24-15-7-5-14(6-8-15)23-10-13(22)9-20-18(2,3)4/h5-8,13,20,22H,9-11H2,1-4H3. The van der Waals surface area contributed by atoms with Crippen molar-refractivity contribution in [1.82, 2.24) is 10.5 Å². The molecule has 1 unspecified atom stereocenters. The molecule has 0 saturated heterocycles. The fraction of sp³-hybridized carbons (Fsp3) is 0.500. The summed E-state index contributed by atoms with van der Waals surface area (Å²) in [6.45, 7) is 8.81. The number of ether oxygens (including phenoxy) is 2. The first-order valence-corrected chi connectivity index (χ1v) is 8.52. The second-order valence-corrected chi connectivity index (χ2v) is 7.24. The van der Waals surface area contributed by atoms with Gasteiger partial charge in [-0.15, -0.1) is 0 Å². The first-order chi connectivity index (χ1) is 11.7. The smallest absolute Gasteiger partial charge is 0.192 e. The van der Waals surface area contributed by atoms with Crippen LogP contribution >= 0.6 is 11.6 Å². The quantitative estimate of drug-likeness (QED) is 0.744. The first-order valence-electron chi connectivity index (χ1n) is 8.14. The molecule has 1 atom stereocenters. The lowest BCUT2D eigenvalue weighted by Crippen LogP contribution is -2.42. The average Bonchev–Trinajstić information content (AvgIpc) is 2.88. The molecule has 7 heteroatoms. The number of aliphatic hydroxyl groups is 1. The Morgan fingerprint density at radius 1 is 1.20 bits per heavy atom. The second-order valence-electron chi connectivity index (χ2n) is 6.86. The molecule has 25 heavy (non-hydrogen) atoms. The first kappa shape index (κ1) is 19.6. The molecule has 1 aromatic heterocycles. The number of aromatic nitrogens is 1. The van der Waals surface area contributed by atoms with Crippen molar-refractivity contribution in [2.24, 2.45) is 0 Å². The molecule has 138 valence electrons. The molecular weight excluding hydrogens is 344 g/mol. The molecule has 0 aliphatic heterocycles. The molecule has 0 radical (unpaired) electrons. The summed E-state index contributed by atoms with van der Waals surface area (Å²) in [6, 6.07) is 7.14. The van der Waals surface area contributed by atoms with Gasteiger partial charge in [0.1, 0.15) is 29.2 Å². The zero-order valence-electron chi connectivity index (χ0n) is 15.0. The number of aliphatic hydroxyl groups excluding tert-OH is 1. The van der Waals surface area contributed by atoms with E-state index in [1.54, 1.807) is 31.2 Å². The number of hydrogen-bond acceptors (Lipinski definition) is 6. The van der Waals surface area contributed by atoms with Gasteiger partial charge in [0.2, 0.25) is 0 Å². The molecule has 0 bridgehead atoms. The summed E-state index contributed by atoms with van der Waals surface area (Å²) >= 11 is 6.04. The van der Waals surface area contributed by atoms with E-state index in [0.717, 1.165) is 0 Å². The topological polar surface area (TPSA) is 76.8 Å². The van der Waals surface area contributed by atoms with Gasteiger partial charge in [-0.25, -0.2) is 0 Å². The summed E-state index contributed by atoms with van der Waals surface area (Å²) in [7, 11) is 0. The Morgan fingerprint density at radius 2 is 1.80 bits per heavy atom. The number of benzene rings is 1. The molecule has 0 spiro atoms. The Hall–Kier alpha value is -1.76. The minimum Gasteiger partial charge on any atom is -0.491 e. The fourth-order valence-corrected chi connectivity index (χ4v) is 2.08. The summed E-state index contributed by atoms with van der Waals surface area (Å²) < 4.78 is 16.3. The third-order valence-electron chi connectivity index (χ3n) is 3.36. The number of nitrogens with zero attached hydrogens (tertiary/aromatic N) is 1. The van der Waals surface area contributed by atoms with Crippen molar-refractivity contribution in [3.63, 3.8) is 0 Å². The van der Waals surface area contributed by atoms with E-state index in [4.69, 9.17) is 25.6 Å². The van der Waals surface area contributed by atoms with Crippen molar-refractivity contribution in [3.8, 4) is 11.5 Å². The van der Waals surface area contributed by atoms with Gasteiger partial charge >= 0.3 is 0 Å². The average molecular weight is 369 g/mol. The minimum absolute atomic E-state index is 0.0368. The monoisotopic (exact) mass is 368 g/mol. The Bertz CT molecular complexity index is 665. The predicted octanol–water partition coefficient (Wildman–Crippen LogP) is 3.34. The lowest BCUT2D eigenvalue weighted by Gasteiger charge is -2.23. The molecule has 1 aromatic carbocycles. The largest absolute Gasteiger partial charge is 0.491 e. The summed E-state index contributed by atoms with van der Waals surface area (Å²) in [5.41, 5.74) is 0.605. The van der Waals surface area contributed by atoms with Gasteiger partial charge in [0.15, 0.2) is 12.4 Å². The normalized spacial score (nSPS) is 12.9. The van der Waals surface area contributed by atoms with Crippen molar-refractivity contribution >= 4 is 11.6 Å². The van der Waals surface area contributed by atoms with Crippen molar-refractivity contribution in [1.29, 1.82) is 0 Å². The molecule has 0 fully saturated rings. The van der Waals surface area contributed by atoms with Gasteiger partial charge in [0, 0.05) is 12.1 Å². The maximum atomic E-state index is 9.93. The van der Waals surface area contributed by atoms with E-state index in [9.17, 15) is 5.11 Å². The molecule has 2 N–H and O–H groups in total. The van der Waals surface area contributed by atoms with Crippen LogP contribution in [0.5, 0.6) is 11.5 Å². The number of β-amino-alcohol motifs (C(OH)–C–C–N with tert-alkyl or cyclic N) is 1. The van der Waals surface area contributed by atoms with Crippen LogP contribution in [0.4, 0.5) is 0 Å². The Balaban J connectivity index is 1.77. The number of hydrogen-bond donors (Lipinski definition) is 2. The van der Waals surface area contributed by atoms with Crippen LogP contribution in [0, 0.1) is 6.92 Å². The van der Waals surface area contributed by atoms with Crippen LogP contribution < -0.4 is 14.8 Å². The SMILES string of the molecule is Cc1noc(COc2ccc(OCC(O)CNC(C)(C)C)cc2)c1Cl. The third-order valence-corrected chi connectivity index (χ3v) is 3.84. The zero-order chi connectivity index (χ0) is 18.4. The van der Waals surface area contributed by atoms with Gasteiger partial charge in [-0.2, -0.15) is 0 Å². The second kappa shape index (κ2) is 8.56. The maximum absolute atomic E-state index is 9.93. The molecule has 0 aliphatic rings. The van der Waals surface area contributed by atoms with Gasteiger partial charge < -0.3 is 24.4 Å². The number of nitrogens with one attached hydrogen (secondary N) is 1. The summed E-state index contributed by atoms with van der Waals surface area (Å²) in [6.07, 6.45) is -0.577. The number of halogens is 1. The number of rotatable bonds is 8. The maximum Gasteiger partial charge on any atom is 0.192 e. The van der Waals surface area contributed by atoms with Crippen LogP contribution in [0.3, 0.4) is 0 Å². The van der Waals surface area contributed by atoms with Crippen molar-refractivity contribution in [2.45, 2.75) is 45.9 Å². The van der Waals surface area contributed by atoms with E-state index in [2.05, 4.69) is 10.5 Å². The summed E-state index contributed by atoms with van der Waals surface area (Å²) in [4.78, 5) is 0. The van der Waals surface area contributed by atoms with Crippen molar-refractivity contribution in [2.75, 3.05) is 13.2 Å². The third kappa shape index (κ3) is 6.57.